The van der Waals surface area contributed by atoms with Crippen molar-refractivity contribution in [3.8, 4) is 17.0 Å². The molecule has 2 N–H and O–H groups in total. The Balaban J connectivity index is 1.78. The number of ether oxygens (including phenoxy) is 2. The second-order valence-corrected chi connectivity index (χ2v) is 7.61. The fraction of sp³-hybridized carbons (Fsp3) is 0.190. The predicted octanol–water partition coefficient (Wildman–Crippen LogP) is 4.69. The molecule has 2 aromatic heterocycles. The third-order valence-electron chi connectivity index (χ3n) is 4.75. The van der Waals surface area contributed by atoms with Gasteiger partial charge in [0.15, 0.2) is 0 Å². The summed E-state index contributed by atoms with van der Waals surface area (Å²) in [4.78, 5) is 15.4. The van der Waals surface area contributed by atoms with E-state index in [0.717, 1.165) is 33.4 Å². The monoisotopic (exact) mass is 414 g/mol. The van der Waals surface area contributed by atoms with Crippen molar-refractivity contribution in [2.75, 3.05) is 14.2 Å². The van der Waals surface area contributed by atoms with Gasteiger partial charge in [0.2, 0.25) is 0 Å². The van der Waals surface area contributed by atoms with Crippen LogP contribution in [0.4, 0.5) is 0 Å². The zero-order valence-corrected chi connectivity index (χ0v) is 17.0. The van der Waals surface area contributed by atoms with E-state index in [9.17, 15) is 4.79 Å². The summed E-state index contributed by atoms with van der Waals surface area (Å²) < 4.78 is 10.3. The van der Waals surface area contributed by atoms with Crippen molar-refractivity contribution in [3.63, 3.8) is 0 Å². The third kappa shape index (κ3) is 3.41. The van der Waals surface area contributed by atoms with Crippen molar-refractivity contribution < 1.29 is 14.3 Å². The molecule has 3 aromatic rings. The number of halogens is 1. The van der Waals surface area contributed by atoms with E-state index in [-0.39, 0.29) is 5.97 Å². The van der Waals surface area contributed by atoms with Crippen LogP contribution in [-0.4, -0.2) is 31.2 Å². The Labute approximate surface area is 171 Å². The fourth-order valence-electron chi connectivity index (χ4n) is 3.39. The predicted molar refractivity (Wildman–Crippen MR) is 113 cm³/mol. The average molecular weight is 415 g/mol. The first kappa shape index (κ1) is 18.7. The minimum Gasteiger partial charge on any atom is -0.495 e. The van der Waals surface area contributed by atoms with Crippen molar-refractivity contribution in [2.45, 2.75) is 12.5 Å². The van der Waals surface area contributed by atoms with Gasteiger partial charge in [-0.25, -0.2) is 4.79 Å². The zero-order valence-electron chi connectivity index (χ0n) is 15.4. The maximum atomic E-state index is 11.9. The maximum Gasteiger partial charge on any atom is 0.332 e. The van der Waals surface area contributed by atoms with Crippen LogP contribution in [0.2, 0.25) is 5.02 Å². The summed E-state index contributed by atoms with van der Waals surface area (Å²) in [6.07, 6.45) is 6.26. The highest BCUT2D eigenvalue weighted by molar-refractivity contribution is 7.08. The molecule has 0 fully saturated rings. The molecule has 0 bridgehead atoms. The number of thiophene rings is 1. The summed E-state index contributed by atoms with van der Waals surface area (Å²) in [5, 5.41) is 9.00. The first-order chi connectivity index (χ1) is 13.6. The Hall–Kier alpha value is -2.70. The molecule has 0 spiro atoms. The Morgan fingerprint density at radius 2 is 2.18 bits per heavy atom. The SMILES string of the molecule is COC(=O)C1C=CC=C(Cc2c(-c3ccsc3)[nH]c3cc(Cl)c(OC)cc23)N1. The third-order valence-corrected chi connectivity index (χ3v) is 5.73. The lowest BCUT2D eigenvalue weighted by molar-refractivity contribution is -0.141. The number of rotatable bonds is 5. The van der Waals surface area contributed by atoms with Crippen molar-refractivity contribution in [3.05, 3.63) is 63.5 Å². The van der Waals surface area contributed by atoms with Crippen LogP contribution in [0, 0.1) is 0 Å². The Morgan fingerprint density at radius 1 is 1.32 bits per heavy atom. The average Bonchev–Trinajstić information content (AvgIpc) is 3.35. The molecule has 1 unspecified atom stereocenters. The molecule has 0 amide bonds. The molecule has 144 valence electrons. The van der Waals surface area contributed by atoms with E-state index >= 15 is 0 Å². The number of H-pyrrole nitrogens is 1. The van der Waals surface area contributed by atoms with Gasteiger partial charge in [0.05, 0.1) is 24.9 Å². The number of carbonyl (C=O) groups is 1. The number of aromatic amines is 1. The van der Waals surface area contributed by atoms with Gasteiger partial charge in [-0.1, -0.05) is 23.8 Å². The number of carbonyl (C=O) groups excluding carboxylic acids is 1. The lowest BCUT2D eigenvalue weighted by Crippen LogP contribution is -2.37. The van der Waals surface area contributed by atoms with Gasteiger partial charge in [-0.2, -0.15) is 11.3 Å². The van der Waals surface area contributed by atoms with Crippen LogP contribution in [0.15, 0.2) is 52.9 Å². The van der Waals surface area contributed by atoms with Crippen molar-refractivity contribution in [1.29, 1.82) is 0 Å². The zero-order chi connectivity index (χ0) is 19.7. The van der Waals surface area contributed by atoms with Crippen LogP contribution in [0.3, 0.4) is 0 Å². The van der Waals surface area contributed by atoms with Crippen LogP contribution < -0.4 is 10.1 Å². The van der Waals surface area contributed by atoms with Crippen LogP contribution in [0.25, 0.3) is 22.2 Å². The smallest absolute Gasteiger partial charge is 0.332 e. The van der Waals surface area contributed by atoms with E-state index < -0.39 is 6.04 Å². The molecule has 7 heteroatoms. The standard InChI is InChI=1S/C21H19ClN2O3S/c1-26-19-9-14-15(8-13-4-3-5-17(23-13)21(25)27-2)20(12-6-7-28-11-12)24-18(14)10-16(19)22/h3-7,9-11,17,23-24H,8H2,1-2H3. The minimum absolute atomic E-state index is 0.313. The number of aromatic nitrogens is 1. The summed E-state index contributed by atoms with van der Waals surface area (Å²) >= 11 is 7.97. The lowest BCUT2D eigenvalue weighted by Gasteiger charge is -2.20. The Morgan fingerprint density at radius 3 is 2.89 bits per heavy atom. The van der Waals surface area contributed by atoms with Crippen molar-refractivity contribution >= 4 is 39.8 Å². The molecule has 0 aliphatic carbocycles. The summed E-state index contributed by atoms with van der Waals surface area (Å²) in [6.45, 7) is 0. The van der Waals surface area contributed by atoms with E-state index in [2.05, 4.69) is 21.7 Å². The highest BCUT2D eigenvalue weighted by Crippen LogP contribution is 2.37. The number of benzene rings is 1. The number of nitrogens with one attached hydrogen (secondary N) is 2. The molecular weight excluding hydrogens is 396 g/mol. The molecule has 1 atom stereocenters. The quantitative estimate of drug-likeness (QED) is 0.595. The Kier molecular flexibility index (Phi) is 5.15. The number of esters is 1. The number of methoxy groups -OCH3 is 2. The number of hydrogen-bond acceptors (Lipinski definition) is 5. The van der Waals surface area contributed by atoms with Gasteiger partial charge in [0.25, 0.3) is 0 Å². The van der Waals surface area contributed by atoms with Gasteiger partial charge in [-0.15, -0.1) is 0 Å². The van der Waals surface area contributed by atoms with Gasteiger partial charge in [-0.05, 0) is 35.2 Å². The van der Waals surface area contributed by atoms with Crippen LogP contribution in [0.1, 0.15) is 5.56 Å². The summed E-state index contributed by atoms with van der Waals surface area (Å²) in [5.41, 5.74) is 5.14. The number of fused-ring (bicyclic) bond motifs is 1. The van der Waals surface area contributed by atoms with Gasteiger partial charge >= 0.3 is 5.97 Å². The van der Waals surface area contributed by atoms with E-state index in [4.69, 9.17) is 21.1 Å². The topological polar surface area (TPSA) is 63.4 Å². The Bertz CT molecular complexity index is 1080. The normalized spacial score (nSPS) is 16.0. The molecule has 3 heterocycles. The number of allylic oxidation sites excluding steroid dienone is 3. The number of hydrogen-bond donors (Lipinski definition) is 2. The summed E-state index contributed by atoms with van der Waals surface area (Å²) in [7, 11) is 3.00. The largest absolute Gasteiger partial charge is 0.495 e. The maximum absolute atomic E-state index is 11.9. The van der Waals surface area contributed by atoms with E-state index in [0.29, 0.717) is 17.2 Å². The van der Waals surface area contributed by atoms with E-state index in [1.165, 1.54) is 7.11 Å². The molecule has 0 saturated carbocycles. The first-order valence-corrected chi connectivity index (χ1v) is 10.0. The first-order valence-electron chi connectivity index (χ1n) is 8.73. The van der Waals surface area contributed by atoms with Gasteiger partial charge in [-0.3, -0.25) is 0 Å². The van der Waals surface area contributed by atoms with Crippen LogP contribution in [0.5, 0.6) is 5.75 Å². The minimum atomic E-state index is -0.483. The summed E-state index contributed by atoms with van der Waals surface area (Å²) in [6, 6.07) is 5.44. The summed E-state index contributed by atoms with van der Waals surface area (Å²) in [5.74, 6) is 0.316. The van der Waals surface area contributed by atoms with E-state index in [1.807, 2.05) is 29.7 Å². The van der Waals surface area contributed by atoms with Gasteiger partial charge in [0, 0.05) is 34.0 Å². The van der Waals surface area contributed by atoms with Gasteiger partial charge in [0.1, 0.15) is 11.8 Å². The molecule has 0 saturated heterocycles. The van der Waals surface area contributed by atoms with E-state index in [1.54, 1.807) is 24.5 Å². The molecule has 28 heavy (non-hydrogen) atoms. The molecule has 5 nitrogen and oxygen atoms in total. The molecule has 1 aliphatic heterocycles. The van der Waals surface area contributed by atoms with Gasteiger partial charge < -0.3 is 19.8 Å². The highest BCUT2D eigenvalue weighted by Gasteiger charge is 2.22. The molecule has 4 rings (SSSR count). The highest BCUT2D eigenvalue weighted by atomic mass is 35.5. The van der Waals surface area contributed by atoms with Crippen molar-refractivity contribution in [2.24, 2.45) is 0 Å². The molecule has 0 radical (unpaired) electrons. The molecular formula is C21H19ClN2O3S. The molecule has 1 aromatic carbocycles. The fourth-order valence-corrected chi connectivity index (χ4v) is 4.28. The second-order valence-electron chi connectivity index (χ2n) is 6.42. The van der Waals surface area contributed by atoms with Crippen LogP contribution >= 0.6 is 22.9 Å². The van der Waals surface area contributed by atoms with Crippen molar-refractivity contribution in [1.82, 2.24) is 10.3 Å². The number of dihydropyridines is 1. The molecule has 1 aliphatic rings. The second kappa shape index (κ2) is 7.73. The van der Waals surface area contributed by atoms with Crippen LogP contribution in [-0.2, 0) is 16.0 Å². The lowest BCUT2D eigenvalue weighted by atomic mass is 10.0.